The van der Waals surface area contributed by atoms with Gasteiger partial charge in [-0.05, 0) is 12.8 Å². The SMILES string of the molecule is CC(C)CNC(=O)C(C)NC(=O)c1cncc(NN)n1. The van der Waals surface area contributed by atoms with Crippen molar-refractivity contribution in [1.82, 2.24) is 20.6 Å². The number of rotatable bonds is 6. The van der Waals surface area contributed by atoms with Crippen LogP contribution in [0.25, 0.3) is 0 Å². The summed E-state index contributed by atoms with van der Waals surface area (Å²) in [6, 6.07) is -0.655. The smallest absolute Gasteiger partial charge is 0.272 e. The van der Waals surface area contributed by atoms with Gasteiger partial charge in [-0.2, -0.15) is 0 Å². The number of nitrogens with one attached hydrogen (secondary N) is 3. The van der Waals surface area contributed by atoms with E-state index in [-0.39, 0.29) is 17.4 Å². The van der Waals surface area contributed by atoms with Crippen molar-refractivity contribution in [2.24, 2.45) is 11.8 Å². The molecule has 0 aromatic carbocycles. The number of hydrazine groups is 1. The van der Waals surface area contributed by atoms with Crippen LogP contribution >= 0.6 is 0 Å². The van der Waals surface area contributed by atoms with Gasteiger partial charge in [0.25, 0.3) is 5.91 Å². The third-order valence-corrected chi connectivity index (χ3v) is 2.44. The van der Waals surface area contributed by atoms with Crippen molar-refractivity contribution in [3.63, 3.8) is 0 Å². The molecular formula is C12H20N6O2. The highest BCUT2D eigenvalue weighted by atomic mass is 16.2. The summed E-state index contributed by atoms with van der Waals surface area (Å²) >= 11 is 0. The predicted octanol–water partition coefficient (Wildman–Crippen LogP) is -0.347. The van der Waals surface area contributed by atoms with Crippen LogP contribution in [0.5, 0.6) is 0 Å². The van der Waals surface area contributed by atoms with Gasteiger partial charge in [-0.1, -0.05) is 13.8 Å². The zero-order valence-electron chi connectivity index (χ0n) is 11.8. The number of nitrogens with zero attached hydrogens (tertiary/aromatic N) is 2. The molecule has 0 fully saturated rings. The number of nitrogen functional groups attached to an aromatic ring is 1. The maximum absolute atomic E-state index is 11.9. The minimum absolute atomic E-state index is 0.0870. The maximum atomic E-state index is 11.9. The molecule has 5 N–H and O–H groups in total. The Labute approximate surface area is 117 Å². The first-order valence-electron chi connectivity index (χ1n) is 6.31. The fourth-order valence-electron chi connectivity index (χ4n) is 1.34. The molecule has 0 aliphatic rings. The van der Waals surface area contributed by atoms with Crippen molar-refractivity contribution < 1.29 is 9.59 Å². The van der Waals surface area contributed by atoms with Gasteiger partial charge < -0.3 is 16.1 Å². The van der Waals surface area contributed by atoms with Crippen LogP contribution in [-0.4, -0.2) is 34.4 Å². The second-order valence-corrected chi connectivity index (χ2v) is 4.77. The summed E-state index contributed by atoms with van der Waals surface area (Å²) in [7, 11) is 0. The molecule has 1 atom stereocenters. The van der Waals surface area contributed by atoms with E-state index in [1.54, 1.807) is 6.92 Å². The molecule has 0 saturated carbocycles. The van der Waals surface area contributed by atoms with Gasteiger partial charge in [0.15, 0.2) is 5.82 Å². The van der Waals surface area contributed by atoms with Gasteiger partial charge in [-0.25, -0.2) is 10.8 Å². The lowest BCUT2D eigenvalue weighted by Crippen LogP contribution is -2.45. The Hall–Kier alpha value is -2.22. The molecule has 1 aromatic heterocycles. The van der Waals surface area contributed by atoms with Crippen LogP contribution in [0, 0.1) is 5.92 Å². The molecule has 0 radical (unpaired) electrons. The molecule has 0 saturated heterocycles. The third kappa shape index (κ3) is 4.81. The van der Waals surface area contributed by atoms with E-state index in [1.165, 1.54) is 12.4 Å². The van der Waals surface area contributed by atoms with Crippen LogP contribution in [-0.2, 0) is 4.79 Å². The fourth-order valence-corrected chi connectivity index (χ4v) is 1.34. The number of aromatic nitrogens is 2. The topological polar surface area (TPSA) is 122 Å². The molecular weight excluding hydrogens is 260 g/mol. The highest BCUT2D eigenvalue weighted by Crippen LogP contribution is 2.00. The second kappa shape index (κ2) is 7.39. The number of carbonyl (C=O) groups excluding carboxylic acids is 2. The summed E-state index contributed by atoms with van der Waals surface area (Å²) in [6.45, 7) is 6.15. The summed E-state index contributed by atoms with van der Waals surface area (Å²) in [4.78, 5) is 31.4. The lowest BCUT2D eigenvalue weighted by Gasteiger charge is -2.15. The molecule has 110 valence electrons. The molecule has 8 nitrogen and oxygen atoms in total. The van der Waals surface area contributed by atoms with E-state index in [0.29, 0.717) is 12.5 Å². The summed E-state index contributed by atoms with van der Waals surface area (Å²) in [6.07, 6.45) is 2.68. The van der Waals surface area contributed by atoms with E-state index in [9.17, 15) is 9.59 Å². The van der Waals surface area contributed by atoms with Crippen LogP contribution < -0.4 is 21.9 Å². The van der Waals surface area contributed by atoms with E-state index in [0.717, 1.165) is 0 Å². The van der Waals surface area contributed by atoms with Crippen molar-refractivity contribution in [1.29, 1.82) is 0 Å². The molecule has 0 aliphatic heterocycles. The first-order chi connectivity index (χ1) is 9.43. The van der Waals surface area contributed by atoms with Crippen molar-refractivity contribution in [2.45, 2.75) is 26.8 Å². The molecule has 1 unspecified atom stereocenters. The van der Waals surface area contributed by atoms with Crippen LogP contribution in [0.15, 0.2) is 12.4 Å². The van der Waals surface area contributed by atoms with Crippen molar-refractivity contribution >= 4 is 17.6 Å². The Morgan fingerprint density at radius 3 is 2.60 bits per heavy atom. The highest BCUT2D eigenvalue weighted by molar-refractivity contribution is 5.95. The van der Waals surface area contributed by atoms with Crippen LogP contribution in [0.1, 0.15) is 31.3 Å². The number of nitrogens with two attached hydrogens (primary N) is 1. The number of amides is 2. The summed E-state index contributed by atoms with van der Waals surface area (Å²) in [5.74, 6) is 5.08. The lowest BCUT2D eigenvalue weighted by molar-refractivity contribution is -0.122. The van der Waals surface area contributed by atoms with Gasteiger partial charge in [0.2, 0.25) is 5.91 Å². The van der Waals surface area contributed by atoms with E-state index < -0.39 is 11.9 Å². The number of anilines is 1. The van der Waals surface area contributed by atoms with Gasteiger partial charge >= 0.3 is 0 Å². The van der Waals surface area contributed by atoms with Crippen LogP contribution in [0.2, 0.25) is 0 Å². The lowest BCUT2D eigenvalue weighted by atomic mass is 10.2. The molecule has 0 spiro atoms. The highest BCUT2D eigenvalue weighted by Gasteiger charge is 2.17. The largest absolute Gasteiger partial charge is 0.354 e. The van der Waals surface area contributed by atoms with Crippen molar-refractivity contribution in [2.75, 3.05) is 12.0 Å². The monoisotopic (exact) mass is 280 g/mol. The van der Waals surface area contributed by atoms with E-state index in [1.807, 2.05) is 13.8 Å². The molecule has 1 aromatic rings. The zero-order valence-corrected chi connectivity index (χ0v) is 11.8. The van der Waals surface area contributed by atoms with Gasteiger partial charge in [0, 0.05) is 6.54 Å². The Balaban J connectivity index is 2.58. The van der Waals surface area contributed by atoms with Gasteiger partial charge in [0.1, 0.15) is 11.7 Å². The predicted molar refractivity (Wildman–Crippen MR) is 74.6 cm³/mol. The van der Waals surface area contributed by atoms with Gasteiger partial charge in [-0.15, -0.1) is 0 Å². The Morgan fingerprint density at radius 2 is 2.00 bits per heavy atom. The molecule has 2 amide bonds. The standard InChI is InChI=1S/C12H20N6O2/c1-7(2)4-15-11(19)8(3)16-12(20)9-5-14-6-10(17-9)18-13/h5-8H,4,13H2,1-3H3,(H,15,19)(H,16,20)(H,17,18). The number of hydrogen-bond donors (Lipinski definition) is 4. The summed E-state index contributed by atoms with van der Waals surface area (Å²) in [5.41, 5.74) is 2.39. The fraction of sp³-hybridized carbons (Fsp3) is 0.500. The summed E-state index contributed by atoms with van der Waals surface area (Å²) in [5, 5.41) is 5.29. The second-order valence-electron chi connectivity index (χ2n) is 4.77. The van der Waals surface area contributed by atoms with Gasteiger partial charge in [0.05, 0.1) is 12.4 Å². The third-order valence-electron chi connectivity index (χ3n) is 2.44. The minimum atomic E-state index is -0.655. The number of carbonyl (C=O) groups is 2. The van der Waals surface area contributed by atoms with Crippen LogP contribution in [0.4, 0.5) is 5.82 Å². The summed E-state index contributed by atoms with van der Waals surface area (Å²) < 4.78 is 0. The molecule has 0 bridgehead atoms. The van der Waals surface area contributed by atoms with Crippen molar-refractivity contribution in [3.05, 3.63) is 18.1 Å². The zero-order chi connectivity index (χ0) is 15.1. The average molecular weight is 280 g/mol. The van der Waals surface area contributed by atoms with Gasteiger partial charge in [-0.3, -0.25) is 14.6 Å². The molecule has 0 aliphatic carbocycles. The van der Waals surface area contributed by atoms with E-state index >= 15 is 0 Å². The van der Waals surface area contributed by atoms with E-state index in [2.05, 4.69) is 26.0 Å². The normalized spacial score (nSPS) is 11.8. The Kier molecular flexibility index (Phi) is 5.85. The van der Waals surface area contributed by atoms with E-state index in [4.69, 9.17) is 5.84 Å². The Bertz CT molecular complexity index is 477. The maximum Gasteiger partial charge on any atom is 0.272 e. The molecule has 1 heterocycles. The quantitative estimate of drug-likeness (QED) is 0.417. The van der Waals surface area contributed by atoms with Crippen LogP contribution in [0.3, 0.4) is 0 Å². The molecule has 8 heteroatoms. The Morgan fingerprint density at radius 1 is 1.30 bits per heavy atom. The average Bonchev–Trinajstić information content (AvgIpc) is 2.44. The molecule has 1 rings (SSSR count). The molecule has 20 heavy (non-hydrogen) atoms. The first-order valence-corrected chi connectivity index (χ1v) is 6.31. The number of hydrogen-bond acceptors (Lipinski definition) is 6. The van der Waals surface area contributed by atoms with Crippen molar-refractivity contribution in [3.8, 4) is 0 Å². The minimum Gasteiger partial charge on any atom is -0.354 e. The first kappa shape index (κ1) is 15.8.